The van der Waals surface area contributed by atoms with Gasteiger partial charge in [0.15, 0.2) is 0 Å². The molecule has 0 atom stereocenters. The summed E-state index contributed by atoms with van der Waals surface area (Å²) in [4.78, 5) is 39.0. The number of carbonyl (C=O) groups excluding carboxylic acids is 2. The Morgan fingerprint density at radius 3 is 0.619 bits per heavy atom. The second-order valence-electron chi connectivity index (χ2n) is 10.1. The van der Waals surface area contributed by atoms with Crippen LogP contribution >= 0.6 is 0 Å². The van der Waals surface area contributed by atoms with E-state index in [1.165, 1.54) is 36.2 Å². The maximum atomic E-state index is 13.1. The summed E-state index contributed by atoms with van der Waals surface area (Å²) in [5, 5.41) is 19.4. The number of hydrogen-bond donors (Lipinski definition) is 4. The fourth-order valence-corrected chi connectivity index (χ4v) is 112. The van der Waals surface area contributed by atoms with Crippen molar-refractivity contribution < 1.29 is 169 Å². The smallest absolute Gasteiger partial charge is 0.394 e. The molecule has 3 aromatic carbocycles. The van der Waals surface area contributed by atoms with Crippen LogP contribution in [0.1, 0.15) is 80.4 Å². The summed E-state index contributed by atoms with van der Waals surface area (Å²) in [6.45, 7) is 20.7. The van der Waals surface area contributed by atoms with E-state index in [9.17, 15) is 27.6 Å². The van der Waals surface area contributed by atoms with Crippen molar-refractivity contribution in [3.8, 4) is 0 Å². The number of sulfonamides is 1. The maximum absolute atomic E-state index is 13.1. The molecule has 0 aliphatic rings. The first kappa shape index (κ1) is 133. The largest absolute Gasteiger partial charge is 0.474 e. The van der Waals surface area contributed by atoms with E-state index >= 15 is 0 Å². The van der Waals surface area contributed by atoms with Gasteiger partial charge in [-0.25, -0.2) is 18.0 Å². The molecule has 0 saturated carbocycles. The Morgan fingerprint density at radius 2 is 0.485 bits per heavy atom. The molecular weight excluding hydrogens is 2390 g/mol. The van der Waals surface area contributed by atoms with Crippen LogP contribution in [0.2, 0.25) is 0 Å². The average Bonchev–Trinajstić information content (AvgIpc) is 0.828. The van der Waals surface area contributed by atoms with Gasteiger partial charge in [0.2, 0.25) is 10.0 Å². The first-order chi connectivity index (χ1) is 44.4. The van der Waals surface area contributed by atoms with Crippen LogP contribution in [0.4, 0.5) is 0 Å². The molecule has 0 unspecified atom stereocenters. The van der Waals surface area contributed by atoms with Gasteiger partial charge in [-0.1, -0.05) is 148 Å². The summed E-state index contributed by atoms with van der Waals surface area (Å²) >= 11 is 9.61. The van der Waals surface area contributed by atoms with Gasteiger partial charge < -0.3 is 35.7 Å². The Labute approximate surface area is 803 Å². The number of carbonyl (C=O) groups is 4. The van der Waals surface area contributed by atoms with Crippen molar-refractivity contribution in [3.05, 3.63) is 117 Å². The number of amides is 2. The van der Waals surface area contributed by atoms with Gasteiger partial charge in [0, 0.05) is 544 Å². The number of benzene rings is 3. The summed E-state index contributed by atoms with van der Waals surface area (Å²) in [7, 11) is 71.8. The first-order valence-corrected chi connectivity index (χ1v) is 80.5. The minimum absolute atomic E-state index is 0. The van der Waals surface area contributed by atoms with E-state index in [-0.39, 0.29) is 146 Å². The molecule has 0 heterocycles. The zero-order chi connectivity index (χ0) is 69.5. The summed E-state index contributed by atoms with van der Waals surface area (Å²) in [5.41, 5.74) is 1.93. The third kappa shape index (κ3) is 101. The van der Waals surface area contributed by atoms with E-state index < -0.39 is 33.8 Å². The standard InChI is InChI=1S/C20H19NO2S.2C3H5NO3.5C2H6.2CH3.S43.4Y/c22-24(23,20-14-8-3-9-15-20)21(16-18-10-4-1-5-11-18)17-19-12-6-2-7-13-19;2*1-4-2(5)3(6)7;5*1-2;;;1-3-5-7-9-11-13-15-17-19-21-23-25-27-29-31-33-35-37-39-41-43-42-40-38-36-34-32-30-28-26-24-22-20-18-16-14-12-10-8-6-4-2;;;;/h1-15H,16-17H2;2*1H3,(H,4,5)(H,6,7);5*1-2H3;2*1H3;;;;;/q;;;;;;;;2*-1;;;;;. The molecule has 0 aliphatic carbocycles. The fourth-order valence-electron chi connectivity index (χ4n) is 3.20. The minimum atomic E-state index is -3.56. The minimum Gasteiger partial charge on any atom is -0.474 e. The van der Waals surface area contributed by atoms with Crippen LogP contribution in [0, 0.1) is 14.9 Å². The van der Waals surface area contributed by atoms with Crippen LogP contribution in [0.25, 0.3) is 0 Å². The Bertz CT molecular complexity index is 4540. The Kier molecular flexibility index (Phi) is 159. The predicted molar refractivity (Wildman–Crippen MR) is 525 cm³/mol. The fraction of sp³-hybridized carbons (Fsp3) is 0.368. The zero-order valence-corrected chi connectivity index (χ0v) is 99.9. The van der Waals surface area contributed by atoms with Gasteiger partial charge in [-0.2, -0.15) is 4.31 Å². The Balaban J connectivity index is -0.000000112. The number of carboxylic acid groups (broad SMARTS) is 2. The van der Waals surface area contributed by atoms with Crippen LogP contribution in [0.5, 0.6) is 0 Å². The second kappa shape index (κ2) is 116. The van der Waals surface area contributed by atoms with Crippen molar-refractivity contribution >= 4 is 420 Å². The van der Waals surface area contributed by atoms with Crippen LogP contribution in [0.15, 0.2) is 95.9 Å². The third-order valence-electron chi connectivity index (χ3n) is 5.74. The van der Waals surface area contributed by atoms with Crippen molar-refractivity contribution in [2.75, 3.05) is 14.1 Å². The van der Waals surface area contributed by atoms with Crippen molar-refractivity contribution in [3.63, 3.8) is 0 Å². The molecule has 0 aliphatic heterocycles. The average molecular weight is 2460 g/mol. The van der Waals surface area contributed by atoms with Crippen LogP contribution in [-0.4, -0.2) is 60.8 Å². The predicted octanol–water partition coefficient (Wildman–Crippen LogP) is 7.63. The number of likely N-dealkylation sites (N-methyl/N-ethyl adjacent to an activating group) is 2. The number of hydrogen-bond acceptors (Lipinski definition) is 8. The van der Waals surface area contributed by atoms with Gasteiger partial charge >= 0.3 is 23.8 Å². The van der Waals surface area contributed by atoms with Gasteiger partial charge in [-0.05, 0) is 23.3 Å². The van der Waals surface area contributed by atoms with Crippen LogP contribution in [0.3, 0.4) is 0 Å². The van der Waals surface area contributed by atoms with Crippen molar-refractivity contribution in [2.45, 2.75) is 87.2 Å². The zero-order valence-electron chi connectivity index (χ0n) is 52.6. The molecule has 558 valence electrons. The number of rotatable bonds is 6. The molecule has 2 amide bonds. The van der Waals surface area contributed by atoms with Gasteiger partial charge in [0.05, 0.1) is 4.90 Å². The van der Waals surface area contributed by atoms with Crippen molar-refractivity contribution in [2.24, 2.45) is 0 Å². The molecule has 0 spiro atoms. The number of nitrogens with zero attached hydrogens (tertiary/aromatic N) is 1. The Morgan fingerprint density at radius 1 is 0.330 bits per heavy atom. The summed E-state index contributed by atoms with van der Waals surface area (Å²) in [5.74, 6) is -4.88. The van der Waals surface area contributed by atoms with E-state index in [0.29, 0.717) is 18.0 Å². The van der Waals surface area contributed by atoms with Gasteiger partial charge in [-0.15, -0.1) is 0 Å². The third-order valence-corrected chi connectivity index (χ3v) is 96.4. The van der Waals surface area contributed by atoms with Gasteiger partial charge in [-0.3, -0.25) is 9.59 Å². The molecule has 0 fully saturated rings. The van der Waals surface area contributed by atoms with Crippen molar-refractivity contribution in [1.82, 2.24) is 14.9 Å². The van der Waals surface area contributed by atoms with Crippen LogP contribution < -0.4 is 10.6 Å². The molecule has 4 N–H and O–H groups in total. The summed E-state index contributed by atoms with van der Waals surface area (Å²) < 4.78 is 27.7. The van der Waals surface area contributed by atoms with E-state index in [1.54, 1.807) is 131 Å². The van der Waals surface area contributed by atoms with Crippen LogP contribution in [-0.2, 0) is 560 Å². The molecule has 11 nitrogen and oxygen atoms in total. The molecule has 59 heteroatoms. The van der Waals surface area contributed by atoms with Crippen molar-refractivity contribution in [1.29, 1.82) is 0 Å². The monoisotopic (exact) mass is 2450 g/mol. The Hall–Kier alpha value is 9.33. The van der Waals surface area contributed by atoms with E-state index in [4.69, 9.17) is 32.6 Å². The van der Waals surface area contributed by atoms with E-state index in [0.717, 1.165) is 11.1 Å². The quantitative estimate of drug-likeness (QED) is 0.142. The SMILES string of the molecule is CC.CC.CC.CC.CC.CNC(=O)C(=O)O.CNC(=O)C(=O)O.O=S(=O)(c1ccccc1)N(Cc1ccccc1)Cc1ccccc1.S=S=S=S=S=S=S=S=S=S=S=S=S=S=S=S=S=S=S=S=S=S=S=S=S=S=S=S=S=S=S=S=S=S=S=S=S=S=S=S=S=S=S.[CH3-].[CH3-].[Y].[Y].[Y].[Y]. The molecule has 0 bridgehead atoms. The molecule has 0 aromatic heterocycles. The number of carboxylic acids is 2. The summed E-state index contributed by atoms with van der Waals surface area (Å²) in [6, 6.07) is 27.9. The topological polar surface area (TPSA) is 170 Å². The molecule has 3 aromatic rings. The van der Waals surface area contributed by atoms with E-state index in [2.05, 4.69) is 0 Å². The summed E-state index contributed by atoms with van der Waals surface area (Å²) in [6.07, 6.45) is 0. The molecule has 0 saturated heterocycles. The number of aliphatic carboxylic acids is 2. The number of nitrogens with one attached hydrogen (secondary N) is 2. The molecule has 3 rings (SSSR count). The first-order valence-electron chi connectivity index (χ1n) is 23.1. The normalized spacial score (nSPS) is 7.68. The molecule has 97 heavy (non-hydrogen) atoms. The molecular formula is C38H65N3O8S44Y4-2. The van der Waals surface area contributed by atoms with Gasteiger partial charge in [0.25, 0.3) is 0 Å². The second-order valence-corrected chi connectivity index (χ2v) is 84.6. The van der Waals surface area contributed by atoms with E-state index in [1.807, 2.05) is 386 Å². The molecule has 4 radical (unpaired) electrons. The maximum Gasteiger partial charge on any atom is 0.394 e. The van der Waals surface area contributed by atoms with Gasteiger partial charge in [0.1, 0.15) is 0 Å².